The summed E-state index contributed by atoms with van der Waals surface area (Å²) in [6.45, 7) is 7.17. The number of aryl methyl sites for hydroxylation is 1. The molecule has 5 aliphatic rings. The highest BCUT2D eigenvalue weighted by molar-refractivity contribution is 5.81. The average molecular weight is 403 g/mol. The van der Waals surface area contributed by atoms with Crippen LogP contribution >= 0.6 is 0 Å². The molecule has 3 nitrogen and oxygen atoms in total. The van der Waals surface area contributed by atoms with E-state index in [1.807, 2.05) is 6.20 Å². The lowest BCUT2D eigenvalue weighted by Crippen LogP contribution is -2.54. The van der Waals surface area contributed by atoms with E-state index < -0.39 is 0 Å². The second-order valence-electron chi connectivity index (χ2n) is 11.2. The average Bonchev–Trinajstić information content (AvgIpc) is 3.49. The van der Waals surface area contributed by atoms with Gasteiger partial charge in [-0.3, -0.25) is 9.78 Å². The van der Waals surface area contributed by atoms with Gasteiger partial charge in [-0.15, -0.1) is 0 Å². The Morgan fingerprint density at radius 2 is 1.83 bits per heavy atom. The number of hydrogen-bond donors (Lipinski definition) is 0. The number of carbonyl (C=O) groups excluding carboxylic acids is 1. The van der Waals surface area contributed by atoms with Crippen molar-refractivity contribution < 1.29 is 4.79 Å². The van der Waals surface area contributed by atoms with Crippen LogP contribution in [-0.2, 0) is 4.79 Å². The van der Waals surface area contributed by atoms with E-state index in [2.05, 4.69) is 55.1 Å². The minimum absolute atomic E-state index is 0.189. The lowest BCUT2D eigenvalue weighted by Gasteiger charge is -2.58. The molecule has 30 heavy (non-hydrogen) atoms. The normalized spacial score (nSPS) is 40.3. The number of pyridine rings is 1. The van der Waals surface area contributed by atoms with Crippen molar-refractivity contribution >= 4 is 11.5 Å². The monoisotopic (exact) mass is 402 g/mol. The Morgan fingerprint density at radius 3 is 2.60 bits per heavy atom. The standard InChI is InChI=1S/C27H34N2O/c1-17-14-18(16-28-15-17)21-7-8-22-20-6-9-24-27(3,23(20)10-12-26(21,22)2)13-11-25(30)29(24)19-4-5-19/h7,9,14-16,19-20,22-23H,4-6,8,10-13H2,1-3H3/t20-,22-,23-,26+,27+/m0/s1. The van der Waals surface area contributed by atoms with Crippen LogP contribution in [0.1, 0.15) is 76.3 Å². The lowest BCUT2D eigenvalue weighted by atomic mass is 9.49. The molecule has 5 atom stereocenters. The van der Waals surface area contributed by atoms with Crippen LogP contribution in [0.15, 0.2) is 36.3 Å². The fraction of sp³-hybridized carbons (Fsp3) is 0.630. The van der Waals surface area contributed by atoms with Gasteiger partial charge >= 0.3 is 0 Å². The summed E-state index contributed by atoms with van der Waals surface area (Å²) in [5, 5.41) is 0. The van der Waals surface area contributed by atoms with E-state index in [-0.39, 0.29) is 10.8 Å². The largest absolute Gasteiger partial charge is 0.313 e. The summed E-state index contributed by atoms with van der Waals surface area (Å²) >= 11 is 0. The van der Waals surface area contributed by atoms with Crippen molar-refractivity contribution in [1.29, 1.82) is 0 Å². The van der Waals surface area contributed by atoms with Crippen LogP contribution in [0, 0.1) is 35.5 Å². The summed E-state index contributed by atoms with van der Waals surface area (Å²) < 4.78 is 0. The number of hydrogen-bond acceptors (Lipinski definition) is 2. The van der Waals surface area contributed by atoms with Crippen molar-refractivity contribution in [2.75, 3.05) is 0 Å². The first-order chi connectivity index (χ1) is 14.4. The van der Waals surface area contributed by atoms with Gasteiger partial charge in [0.15, 0.2) is 0 Å². The van der Waals surface area contributed by atoms with E-state index in [4.69, 9.17) is 0 Å². The van der Waals surface area contributed by atoms with Gasteiger partial charge in [0, 0.05) is 36.0 Å². The fourth-order valence-electron chi connectivity index (χ4n) is 7.84. The van der Waals surface area contributed by atoms with E-state index in [1.54, 1.807) is 5.57 Å². The van der Waals surface area contributed by atoms with Gasteiger partial charge in [0.05, 0.1) is 0 Å². The molecule has 3 heteroatoms. The molecule has 1 aromatic heterocycles. The maximum Gasteiger partial charge on any atom is 0.227 e. The van der Waals surface area contributed by atoms with E-state index >= 15 is 0 Å². The SMILES string of the molecule is Cc1cncc(C2=CC[C@H]3[C@@H]4CC=C5N(C6CC6)C(=O)CC[C@]5(C)[C@H]4CC[C@]23C)c1. The van der Waals surface area contributed by atoms with E-state index in [9.17, 15) is 4.79 Å². The van der Waals surface area contributed by atoms with Crippen molar-refractivity contribution in [2.45, 2.75) is 78.2 Å². The molecule has 3 fully saturated rings. The highest BCUT2D eigenvalue weighted by Gasteiger charge is 2.59. The number of carbonyl (C=O) groups is 1. The number of fused-ring (bicyclic) bond motifs is 5. The molecule has 2 heterocycles. The predicted molar refractivity (Wildman–Crippen MR) is 119 cm³/mol. The molecule has 4 aliphatic carbocycles. The maximum atomic E-state index is 12.8. The van der Waals surface area contributed by atoms with Gasteiger partial charge in [-0.1, -0.05) is 26.0 Å². The predicted octanol–water partition coefficient (Wildman–Crippen LogP) is 5.90. The quantitative estimate of drug-likeness (QED) is 0.616. The molecular weight excluding hydrogens is 368 g/mol. The number of aromatic nitrogens is 1. The second kappa shape index (κ2) is 6.31. The van der Waals surface area contributed by atoms with Crippen LogP contribution in [0.3, 0.4) is 0 Å². The van der Waals surface area contributed by atoms with Gasteiger partial charge in [0.1, 0.15) is 0 Å². The Hall–Kier alpha value is -1.90. The highest BCUT2D eigenvalue weighted by atomic mass is 16.2. The summed E-state index contributed by atoms with van der Waals surface area (Å²) in [4.78, 5) is 19.5. The Balaban J connectivity index is 1.34. The lowest BCUT2D eigenvalue weighted by molar-refractivity contribution is -0.137. The first-order valence-electron chi connectivity index (χ1n) is 12.1. The van der Waals surface area contributed by atoms with Crippen molar-refractivity contribution in [3.05, 3.63) is 47.4 Å². The molecule has 1 aromatic rings. The van der Waals surface area contributed by atoms with Crippen LogP contribution in [0.4, 0.5) is 0 Å². The van der Waals surface area contributed by atoms with Crippen LogP contribution in [0.2, 0.25) is 0 Å². The summed E-state index contributed by atoms with van der Waals surface area (Å²) in [5.41, 5.74) is 5.98. The van der Waals surface area contributed by atoms with Crippen molar-refractivity contribution in [3.63, 3.8) is 0 Å². The summed E-state index contributed by atoms with van der Waals surface area (Å²) in [5.74, 6) is 2.55. The first kappa shape index (κ1) is 18.8. The van der Waals surface area contributed by atoms with Crippen LogP contribution in [-0.4, -0.2) is 21.8 Å². The number of allylic oxidation sites excluding steroid dienone is 4. The zero-order valence-corrected chi connectivity index (χ0v) is 18.7. The van der Waals surface area contributed by atoms with Gasteiger partial charge in [0.25, 0.3) is 0 Å². The minimum Gasteiger partial charge on any atom is -0.313 e. The molecule has 0 radical (unpaired) electrons. The molecule has 1 aliphatic heterocycles. The number of piperidine rings is 1. The van der Waals surface area contributed by atoms with Gasteiger partial charge in [-0.2, -0.15) is 0 Å². The zero-order valence-electron chi connectivity index (χ0n) is 18.7. The van der Waals surface area contributed by atoms with Gasteiger partial charge in [-0.05, 0) is 97.8 Å². The summed E-state index contributed by atoms with van der Waals surface area (Å²) in [6.07, 6.45) is 18.1. The van der Waals surface area contributed by atoms with Crippen LogP contribution in [0.5, 0.6) is 0 Å². The number of rotatable bonds is 2. The van der Waals surface area contributed by atoms with E-state index in [1.165, 1.54) is 48.9 Å². The molecule has 6 rings (SSSR count). The number of likely N-dealkylation sites (tertiary alicyclic amines) is 1. The molecule has 0 bridgehead atoms. The molecule has 0 aromatic carbocycles. The molecule has 158 valence electrons. The van der Waals surface area contributed by atoms with E-state index in [0.717, 1.165) is 25.2 Å². The summed E-state index contributed by atoms with van der Waals surface area (Å²) in [6, 6.07) is 2.82. The molecule has 0 spiro atoms. The molecule has 1 saturated heterocycles. The van der Waals surface area contributed by atoms with Crippen molar-refractivity contribution in [1.82, 2.24) is 9.88 Å². The molecular formula is C27H34N2O. The number of nitrogens with zero attached hydrogens (tertiary/aromatic N) is 2. The zero-order chi connectivity index (χ0) is 20.7. The van der Waals surface area contributed by atoms with Crippen molar-refractivity contribution in [2.24, 2.45) is 28.6 Å². The fourth-order valence-corrected chi connectivity index (χ4v) is 7.84. The molecule has 0 N–H and O–H groups in total. The topological polar surface area (TPSA) is 33.2 Å². The van der Waals surface area contributed by atoms with Gasteiger partial charge in [-0.25, -0.2) is 0 Å². The Bertz CT molecular complexity index is 973. The van der Waals surface area contributed by atoms with Gasteiger partial charge in [0.2, 0.25) is 5.91 Å². The minimum atomic E-state index is 0.189. The maximum absolute atomic E-state index is 12.8. The Kier molecular flexibility index (Phi) is 3.96. The highest BCUT2D eigenvalue weighted by Crippen LogP contribution is 2.66. The third-order valence-electron chi connectivity index (χ3n) is 9.49. The Labute approximate surface area is 180 Å². The first-order valence-corrected chi connectivity index (χ1v) is 12.1. The smallest absolute Gasteiger partial charge is 0.227 e. The second-order valence-corrected chi connectivity index (χ2v) is 11.2. The molecule has 0 unspecified atom stereocenters. The molecule has 1 amide bonds. The van der Waals surface area contributed by atoms with E-state index in [0.29, 0.717) is 23.8 Å². The number of amides is 1. The van der Waals surface area contributed by atoms with Crippen molar-refractivity contribution in [3.8, 4) is 0 Å². The van der Waals surface area contributed by atoms with Gasteiger partial charge < -0.3 is 4.90 Å². The van der Waals surface area contributed by atoms with Crippen LogP contribution in [0.25, 0.3) is 5.57 Å². The third kappa shape index (κ3) is 2.50. The molecule has 2 saturated carbocycles. The third-order valence-corrected chi connectivity index (χ3v) is 9.49. The summed E-state index contributed by atoms with van der Waals surface area (Å²) in [7, 11) is 0. The Morgan fingerprint density at radius 1 is 1.00 bits per heavy atom. The van der Waals surface area contributed by atoms with Crippen LogP contribution < -0.4 is 0 Å².